The van der Waals surface area contributed by atoms with Crippen LogP contribution in [0.3, 0.4) is 0 Å². The van der Waals surface area contributed by atoms with Gasteiger partial charge in [-0.1, -0.05) is 24.3 Å². The van der Waals surface area contributed by atoms with Crippen molar-refractivity contribution in [1.82, 2.24) is 15.3 Å². The fourth-order valence-corrected chi connectivity index (χ4v) is 4.72. The van der Waals surface area contributed by atoms with Crippen LogP contribution in [0.4, 0.5) is 11.6 Å². The van der Waals surface area contributed by atoms with Crippen molar-refractivity contribution in [1.29, 1.82) is 0 Å². The summed E-state index contributed by atoms with van der Waals surface area (Å²) >= 11 is 7.11. The number of rotatable bonds is 5. The lowest BCUT2D eigenvalue weighted by Crippen LogP contribution is -2.46. The number of fused-ring (bicyclic) bond motifs is 1. The van der Waals surface area contributed by atoms with Crippen LogP contribution in [0.2, 0.25) is 0 Å². The monoisotopic (exact) mass is 439 g/mol. The minimum atomic E-state index is -0.0870. The SMILES string of the molecule is S=C(Nc1ccccc1)N[C@@H]1CO[C@@H]2[C@@H]1OC[C@@H]2Nc1nccc(-c2cccs2)n1. The number of benzene rings is 1. The van der Waals surface area contributed by atoms with Crippen molar-refractivity contribution in [3.8, 4) is 10.6 Å². The number of hydrogen-bond acceptors (Lipinski definition) is 7. The molecule has 3 aromatic rings. The molecule has 2 aliphatic rings. The van der Waals surface area contributed by atoms with E-state index in [9.17, 15) is 0 Å². The molecule has 3 N–H and O–H groups in total. The van der Waals surface area contributed by atoms with Gasteiger partial charge in [-0.05, 0) is 41.9 Å². The third kappa shape index (κ3) is 4.15. The zero-order chi connectivity index (χ0) is 20.3. The molecular weight excluding hydrogens is 418 g/mol. The smallest absolute Gasteiger partial charge is 0.223 e. The summed E-state index contributed by atoms with van der Waals surface area (Å²) in [7, 11) is 0. The van der Waals surface area contributed by atoms with Crippen LogP contribution in [0.15, 0.2) is 60.1 Å². The highest BCUT2D eigenvalue weighted by Gasteiger charge is 2.48. The molecule has 5 rings (SSSR count). The molecule has 2 fully saturated rings. The molecule has 7 nitrogen and oxygen atoms in total. The summed E-state index contributed by atoms with van der Waals surface area (Å²) < 4.78 is 12.1. The van der Waals surface area contributed by atoms with Gasteiger partial charge in [0.05, 0.1) is 35.9 Å². The Morgan fingerprint density at radius 1 is 1.00 bits per heavy atom. The highest BCUT2D eigenvalue weighted by atomic mass is 32.1. The first-order valence-corrected chi connectivity index (χ1v) is 11.0. The number of thiocarbonyl (C=S) groups is 1. The number of nitrogens with zero attached hydrogens (tertiary/aromatic N) is 2. The molecule has 9 heteroatoms. The van der Waals surface area contributed by atoms with Crippen molar-refractivity contribution in [2.24, 2.45) is 0 Å². The Balaban J connectivity index is 1.20. The lowest BCUT2D eigenvalue weighted by molar-refractivity contribution is 0.0689. The van der Waals surface area contributed by atoms with Crippen molar-refractivity contribution in [3.05, 3.63) is 60.1 Å². The molecule has 0 saturated carbocycles. The van der Waals surface area contributed by atoms with Gasteiger partial charge in [-0.15, -0.1) is 11.3 Å². The third-order valence-corrected chi connectivity index (χ3v) is 6.26. The van der Waals surface area contributed by atoms with E-state index in [0.717, 1.165) is 16.3 Å². The van der Waals surface area contributed by atoms with Gasteiger partial charge in [-0.25, -0.2) is 9.97 Å². The molecule has 0 radical (unpaired) electrons. The van der Waals surface area contributed by atoms with Crippen molar-refractivity contribution in [3.63, 3.8) is 0 Å². The fourth-order valence-electron chi connectivity index (χ4n) is 3.76. The first-order valence-electron chi connectivity index (χ1n) is 9.75. The molecule has 2 saturated heterocycles. The van der Waals surface area contributed by atoms with E-state index in [1.165, 1.54) is 0 Å². The van der Waals surface area contributed by atoms with Gasteiger partial charge in [0.2, 0.25) is 5.95 Å². The number of thiophene rings is 1. The molecule has 0 unspecified atom stereocenters. The normalized spacial score (nSPS) is 24.9. The Bertz CT molecular complexity index is 1000. The lowest BCUT2D eigenvalue weighted by atomic mass is 10.1. The molecule has 1 aromatic carbocycles. The average molecular weight is 440 g/mol. The van der Waals surface area contributed by atoms with Gasteiger partial charge in [0.1, 0.15) is 12.2 Å². The number of anilines is 2. The molecule has 0 amide bonds. The van der Waals surface area contributed by atoms with E-state index in [1.807, 2.05) is 53.9 Å². The molecule has 2 aliphatic heterocycles. The summed E-state index contributed by atoms with van der Waals surface area (Å²) in [6.07, 6.45) is 1.60. The fraction of sp³-hybridized carbons (Fsp3) is 0.286. The van der Waals surface area contributed by atoms with Crippen LogP contribution >= 0.6 is 23.6 Å². The molecule has 0 aliphatic carbocycles. The van der Waals surface area contributed by atoms with Crippen LogP contribution in [0.5, 0.6) is 0 Å². The van der Waals surface area contributed by atoms with E-state index in [0.29, 0.717) is 24.3 Å². The Morgan fingerprint density at radius 3 is 2.60 bits per heavy atom. The summed E-state index contributed by atoms with van der Waals surface area (Å²) in [6, 6.07) is 15.8. The average Bonchev–Trinajstić information content (AvgIpc) is 3.50. The van der Waals surface area contributed by atoms with Gasteiger partial charge < -0.3 is 25.4 Å². The van der Waals surface area contributed by atoms with Crippen molar-refractivity contribution in [2.75, 3.05) is 23.8 Å². The van der Waals surface area contributed by atoms with Gasteiger partial charge in [0.15, 0.2) is 5.11 Å². The Kier molecular flexibility index (Phi) is 5.58. The predicted octanol–water partition coefficient (Wildman–Crippen LogP) is 3.14. The van der Waals surface area contributed by atoms with E-state index in [-0.39, 0.29) is 24.3 Å². The predicted molar refractivity (Wildman–Crippen MR) is 122 cm³/mol. The van der Waals surface area contributed by atoms with E-state index in [2.05, 4.69) is 25.9 Å². The van der Waals surface area contributed by atoms with Crippen molar-refractivity contribution in [2.45, 2.75) is 24.3 Å². The van der Waals surface area contributed by atoms with Crippen LogP contribution in [0.25, 0.3) is 10.6 Å². The molecule has 30 heavy (non-hydrogen) atoms. The van der Waals surface area contributed by atoms with Gasteiger partial charge in [0.25, 0.3) is 0 Å². The Labute approximate surface area is 183 Å². The highest BCUT2D eigenvalue weighted by molar-refractivity contribution is 7.80. The first-order chi connectivity index (χ1) is 14.8. The zero-order valence-corrected chi connectivity index (χ0v) is 17.7. The first kappa shape index (κ1) is 19.4. The molecule has 0 spiro atoms. The molecule has 4 heterocycles. The standard InChI is InChI=1S/C21H21N5O2S2/c29-21(23-13-5-2-1-3-6-13)26-16-12-28-18-15(11-27-19(16)18)25-20-22-9-8-14(24-20)17-7-4-10-30-17/h1-10,15-16,18-19H,11-12H2,(H,22,24,25)(H2,23,26,29)/t15-,16+,18-,19+/m0/s1. The topological polar surface area (TPSA) is 80.3 Å². The zero-order valence-electron chi connectivity index (χ0n) is 16.0. The summed E-state index contributed by atoms with van der Waals surface area (Å²) in [4.78, 5) is 10.1. The van der Waals surface area contributed by atoms with Crippen molar-refractivity contribution < 1.29 is 9.47 Å². The van der Waals surface area contributed by atoms with Crippen LogP contribution in [0.1, 0.15) is 0 Å². The quantitative estimate of drug-likeness (QED) is 0.523. The third-order valence-electron chi connectivity index (χ3n) is 5.15. The number of hydrogen-bond donors (Lipinski definition) is 3. The van der Waals surface area contributed by atoms with Gasteiger partial charge in [0, 0.05) is 11.9 Å². The number of nitrogens with one attached hydrogen (secondary N) is 3. The minimum Gasteiger partial charge on any atom is -0.371 e. The lowest BCUT2D eigenvalue weighted by Gasteiger charge is -2.20. The number of aromatic nitrogens is 2. The van der Waals surface area contributed by atoms with Crippen LogP contribution in [0, 0.1) is 0 Å². The second-order valence-electron chi connectivity index (χ2n) is 7.16. The summed E-state index contributed by atoms with van der Waals surface area (Å²) in [5.41, 5.74) is 1.85. The van der Waals surface area contributed by atoms with Gasteiger partial charge in [-0.2, -0.15) is 0 Å². The Hall–Kier alpha value is -2.59. The highest BCUT2D eigenvalue weighted by Crippen LogP contribution is 2.29. The van der Waals surface area contributed by atoms with Gasteiger partial charge in [-0.3, -0.25) is 0 Å². The molecule has 0 bridgehead atoms. The van der Waals surface area contributed by atoms with E-state index in [4.69, 9.17) is 21.7 Å². The van der Waals surface area contributed by atoms with E-state index in [1.54, 1.807) is 17.5 Å². The van der Waals surface area contributed by atoms with E-state index >= 15 is 0 Å². The second kappa shape index (κ2) is 8.65. The molecule has 154 valence electrons. The summed E-state index contributed by atoms with van der Waals surface area (Å²) in [5, 5.41) is 12.5. The van der Waals surface area contributed by atoms with Crippen molar-refractivity contribution >= 4 is 40.3 Å². The maximum atomic E-state index is 6.04. The van der Waals surface area contributed by atoms with Crippen LogP contribution < -0.4 is 16.0 Å². The maximum absolute atomic E-state index is 6.04. The molecule has 2 aromatic heterocycles. The molecule has 4 atom stereocenters. The van der Waals surface area contributed by atoms with Gasteiger partial charge >= 0.3 is 0 Å². The largest absolute Gasteiger partial charge is 0.371 e. The van der Waals surface area contributed by atoms with E-state index < -0.39 is 0 Å². The number of ether oxygens (including phenoxy) is 2. The molecular formula is C21H21N5O2S2. The summed E-state index contributed by atoms with van der Waals surface area (Å²) in [6.45, 7) is 1.05. The minimum absolute atomic E-state index is 0.0103. The maximum Gasteiger partial charge on any atom is 0.223 e. The second-order valence-corrected chi connectivity index (χ2v) is 8.52. The van der Waals surface area contributed by atoms with Crippen LogP contribution in [-0.2, 0) is 9.47 Å². The number of para-hydroxylation sites is 1. The van der Waals surface area contributed by atoms with Crippen LogP contribution in [-0.4, -0.2) is 52.6 Å². The Morgan fingerprint density at radius 2 is 1.80 bits per heavy atom. The summed E-state index contributed by atoms with van der Waals surface area (Å²) in [5.74, 6) is 0.580.